The zero-order valence-corrected chi connectivity index (χ0v) is 9.70. The minimum absolute atomic E-state index is 0.0169. The zero-order chi connectivity index (χ0) is 11.1. The first kappa shape index (κ1) is 11.3. The highest BCUT2D eigenvalue weighted by atomic mass is 32.2. The van der Waals surface area contributed by atoms with Gasteiger partial charge in [0.15, 0.2) is 9.84 Å². The molecule has 2 rings (SSSR count). The van der Waals surface area contributed by atoms with Gasteiger partial charge in [0.2, 0.25) is 0 Å². The zero-order valence-electron chi connectivity index (χ0n) is 8.89. The molecule has 2 heterocycles. The molecule has 2 aliphatic heterocycles. The molecule has 0 aromatic heterocycles. The first-order chi connectivity index (χ1) is 6.99. The number of nitrogens with zero attached hydrogens (tertiary/aromatic N) is 1. The monoisotopic (exact) mass is 234 g/mol. The SMILES string of the molecule is CC1CS(=O)(=O)CCN1C1CNCC1O. The van der Waals surface area contributed by atoms with Gasteiger partial charge in [0.05, 0.1) is 17.6 Å². The van der Waals surface area contributed by atoms with E-state index in [9.17, 15) is 13.5 Å². The lowest BCUT2D eigenvalue weighted by Gasteiger charge is -2.38. The summed E-state index contributed by atoms with van der Waals surface area (Å²) in [7, 11) is -2.86. The summed E-state index contributed by atoms with van der Waals surface area (Å²) in [5, 5.41) is 12.9. The van der Waals surface area contributed by atoms with E-state index >= 15 is 0 Å². The summed E-state index contributed by atoms with van der Waals surface area (Å²) in [6.07, 6.45) is -0.367. The van der Waals surface area contributed by atoms with E-state index in [4.69, 9.17) is 0 Å². The molecule has 15 heavy (non-hydrogen) atoms. The highest BCUT2D eigenvalue weighted by Crippen LogP contribution is 2.18. The van der Waals surface area contributed by atoms with Gasteiger partial charge in [-0.25, -0.2) is 8.42 Å². The van der Waals surface area contributed by atoms with Crippen LogP contribution in [0.25, 0.3) is 0 Å². The second-order valence-corrected chi connectivity index (χ2v) is 6.72. The first-order valence-corrected chi connectivity index (χ1v) is 7.17. The number of hydrogen-bond donors (Lipinski definition) is 2. The molecule has 0 aliphatic carbocycles. The number of aliphatic hydroxyl groups excluding tert-OH is 1. The first-order valence-electron chi connectivity index (χ1n) is 5.34. The summed E-state index contributed by atoms with van der Waals surface area (Å²) in [6, 6.07) is 0.0961. The molecule has 0 spiro atoms. The molecule has 0 saturated carbocycles. The fraction of sp³-hybridized carbons (Fsp3) is 1.00. The van der Waals surface area contributed by atoms with Crippen molar-refractivity contribution in [1.82, 2.24) is 10.2 Å². The summed E-state index contributed by atoms with van der Waals surface area (Å²) < 4.78 is 22.8. The molecule has 88 valence electrons. The van der Waals surface area contributed by atoms with E-state index < -0.39 is 9.84 Å². The molecule has 0 amide bonds. The van der Waals surface area contributed by atoms with E-state index in [0.29, 0.717) is 13.1 Å². The van der Waals surface area contributed by atoms with Crippen molar-refractivity contribution in [2.24, 2.45) is 0 Å². The highest BCUT2D eigenvalue weighted by Gasteiger charge is 2.37. The lowest BCUT2D eigenvalue weighted by Crippen LogP contribution is -2.55. The predicted molar refractivity (Wildman–Crippen MR) is 57.5 cm³/mol. The van der Waals surface area contributed by atoms with Crippen LogP contribution in [0.15, 0.2) is 0 Å². The van der Waals surface area contributed by atoms with E-state index in [1.165, 1.54) is 0 Å². The quantitative estimate of drug-likeness (QED) is 0.574. The van der Waals surface area contributed by atoms with E-state index in [0.717, 1.165) is 6.54 Å². The second-order valence-electron chi connectivity index (χ2n) is 4.49. The van der Waals surface area contributed by atoms with Crippen LogP contribution in [0.3, 0.4) is 0 Å². The van der Waals surface area contributed by atoms with E-state index in [1.807, 2.05) is 6.92 Å². The summed E-state index contributed by atoms with van der Waals surface area (Å²) >= 11 is 0. The normalized spacial score (nSPS) is 41.9. The number of nitrogens with one attached hydrogen (secondary N) is 1. The molecule has 0 radical (unpaired) electrons. The Morgan fingerprint density at radius 1 is 1.40 bits per heavy atom. The van der Waals surface area contributed by atoms with Crippen LogP contribution in [-0.2, 0) is 9.84 Å². The van der Waals surface area contributed by atoms with Crippen LogP contribution < -0.4 is 5.32 Å². The molecule has 6 heteroatoms. The van der Waals surface area contributed by atoms with Gasteiger partial charge in [-0.3, -0.25) is 4.90 Å². The fourth-order valence-electron chi connectivity index (χ4n) is 2.49. The Balaban J connectivity index is 2.05. The Kier molecular flexibility index (Phi) is 3.03. The van der Waals surface area contributed by atoms with Crippen molar-refractivity contribution in [1.29, 1.82) is 0 Å². The lowest BCUT2D eigenvalue weighted by atomic mass is 10.1. The Hall–Kier alpha value is -0.170. The summed E-state index contributed by atoms with van der Waals surface area (Å²) in [6.45, 7) is 3.83. The van der Waals surface area contributed by atoms with Gasteiger partial charge >= 0.3 is 0 Å². The molecule has 0 aromatic carbocycles. The number of hydrogen-bond acceptors (Lipinski definition) is 5. The molecule has 2 fully saturated rings. The summed E-state index contributed by atoms with van der Waals surface area (Å²) in [5.41, 5.74) is 0. The van der Waals surface area contributed by atoms with Gasteiger partial charge in [-0.15, -0.1) is 0 Å². The van der Waals surface area contributed by atoms with Crippen LogP contribution in [0.4, 0.5) is 0 Å². The predicted octanol–water partition coefficient (Wildman–Crippen LogP) is -1.56. The van der Waals surface area contributed by atoms with Gasteiger partial charge in [-0.2, -0.15) is 0 Å². The van der Waals surface area contributed by atoms with E-state index in [2.05, 4.69) is 10.2 Å². The maximum absolute atomic E-state index is 11.4. The molecular weight excluding hydrogens is 216 g/mol. The summed E-state index contributed by atoms with van der Waals surface area (Å²) in [4.78, 5) is 2.12. The standard InChI is InChI=1S/C9H18N2O3S/c1-7-6-15(13,14)3-2-11(7)8-4-10-5-9(8)12/h7-10,12H,2-6H2,1H3. The van der Waals surface area contributed by atoms with Crippen molar-refractivity contribution in [2.45, 2.75) is 25.1 Å². The number of β-amino-alcohol motifs (C(OH)–C–C–N with tert-alkyl or cyclic N) is 1. The number of aliphatic hydroxyl groups is 1. The molecule has 5 nitrogen and oxygen atoms in total. The fourth-order valence-corrected chi connectivity index (χ4v) is 4.08. The van der Waals surface area contributed by atoms with E-state index in [1.54, 1.807) is 0 Å². The van der Waals surface area contributed by atoms with Gasteiger partial charge in [0, 0.05) is 31.7 Å². The number of rotatable bonds is 1. The average Bonchev–Trinajstić information content (AvgIpc) is 2.50. The summed E-state index contributed by atoms with van der Waals surface area (Å²) in [5.74, 6) is 0.441. The second kappa shape index (κ2) is 4.01. The van der Waals surface area contributed by atoms with Crippen molar-refractivity contribution < 1.29 is 13.5 Å². The van der Waals surface area contributed by atoms with E-state index in [-0.39, 0.29) is 29.7 Å². The van der Waals surface area contributed by atoms with Crippen LogP contribution in [0.1, 0.15) is 6.92 Å². The van der Waals surface area contributed by atoms with Crippen LogP contribution in [0.5, 0.6) is 0 Å². The average molecular weight is 234 g/mol. The van der Waals surface area contributed by atoms with Crippen LogP contribution >= 0.6 is 0 Å². The van der Waals surface area contributed by atoms with Crippen LogP contribution in [-0.4, -0.2) is 67.8 Å². The molecule has 2 N–H and O–H groups in total. The smallest absolute Gasteiger partial charge is 0.153 e. The third kappa shape index (κ3) is 2.33. The number of sulfone groups is 1. The molecular formula is C9H18N2O3S. The van der Waals surface area contributed by atoms with Crippen molar-refractivity contribution in [3.63, 3.8) is 0 Å². The van der Waals surface area contributed by atoms with Gasteiger partial charge in [-0.1, -0.05) is 0 Å². The molecule has 0 bridgehead atoms. The highest BCUT2D eigenvalue weighted by molar-refractivity contribution is 7.91. The molecule has 3 atom stereocenters. The van der Waals surface area contributed by atoms with Crippen molar-refractivity contribution in [2.75, 3.05) is 31.1 Å². The Morgan fingerprint density at radius 3 is 2.67 bits per heavy atom. The molecule has 2 saturated heterocycles. The van der Waals surface area contributed by atoms with Crippen molar-refractivity contribution >= 4 is 9.84 Å². The van der Waals surface area contributed by atoms with Gasteiger partial charge in [0.1, 0.15) is 0 Å². The third-order valence-corrected chi connectivity index (χ3v) is 5.09. The minimum atomic E-state index is -2.86. The maximum Gasteiger partial charge on any atom is 0.153 e. The largest absolute Gasteiger partial charge is 0.390 e. The van der Waals surface area contributed by atoms with Gasteiger partial charge < -0.3 is 10.4 Å². The van der Waals surface area contributed by atoms with Crippen molar-refractivity contribution in [3.8, 4) is 0 Å². The minimum Gasteiger partial charge on any atom is -0.390 e. The topological polar surface area (TPSA) is 69.6 Å². The molecule has 2 aliphatic rings. The third-order valence-electron chi connectivity index (χ3n) is 3.30. The van der Waals surface area contributed by atoms with Gasteiger partial charge in [-0.05, 0) is 6.92 Å². The Morgan fingerprint density at radius 2 is 2.13 bits per heavy atom. The maximum atomic E-state index is 11.4. The molecule has 3 unspecified atom stereocenters. The lowest BCUT2D eigenvalue weighted by molar-refractivity contribution is 0.0655. The van der Waals surface area contributed by atoms with Crippen LogP contribution in [0.2, 0.25) is 0 Å². The Bertz CT molecular complexity index is 330. The molecule has 0 aromatic rings. The van der Waals surface area contributed by atoms with Gasteiger partial charge in [0.25, 0.3) is 0 Å². The Labute approximate surface area is 90.4 Å². The van der Waals surface area contributed by atoms with Crippen LogP contribution in [0, 0.1) is 0 Å². The van der Waals surface area contributed by atoms with Crippen molar-refractivity contribution in [3.05, 3.63) is 0 Å².